The highest BCUT2D eigenvalue weighted by atomic mass is 16.5. The Labute approximate surface area is 88.4 Å². The lowest BCUT2D eigenvalue weighted by Crippen LogP contribution is -2.32. The van der Waals surface area contributed by atoms with Crippen LogP contribution in [0.25, 0.3) is 0 Å². The molecule has 2 heteroatoms. The van der Waals surface area contributed by atoms with Gasteiger partial charge in [-0.1, -0.05) is 13.3 Å². The molecule has 14 heavy (non-hydrogen) atoms. The van der Waals surface area contributed by atoms with E-state index in [4.69, 9.17) is 4.74 Å². The van der Waals surface area contributed by atoms with Crippen molar-refractivity contribution in [1.82, 2.24) is 5.32 Å². The number of ether oxygens (including phenoxy) is 1. The monoisotopic (exact) mass is 199 g/mol. The Balaban J connectivity index is 2.30. The van der Waals surface area contributed by atoms with Crippen LogP contribution in [0.2, 0.25) is 0 Å². The Morgan fingerprint density at radius 2 is 2.00 bits per heavy atom. The van der Waals surface area contributed by atoms with Gasteiger partial charge in [-0.25, -0.2) is 0 Å². The van der Waals surface area contributed by atoms with Gasteiger partial charge in [0.15, 0.2) is 0 Å². The van der Waals surface area contributed by atoms with Gasteiger partial charge in [0.2, 0.25) is 0 Å². The molecule has 0 amide bonds. The molecule has 2 atom stereocenters. The van der Waals surface area contributed by atoms with Crippen molar-refractivity contribution in [2.75, 3.05) is 20.3 Å². The molecule has 0 saturated carbocycles. The molecule has 1 rings (SSSR count). The van der Waals surface area contributed by atoms with Gasteiger partial charge in [-0.3, -0.25) is 0 Å². The molecule has 1 saturated heterocycles. The van der Waals surface area contributed by atoms with E-state index in [0.717, 1.165) is 25.0 Å². The van der Waals surface area contributed by atoms with Gasteiger partial charge in [0.05, 0.1) is 0 Å². The van der Waals surface area contributed by atoms with Gasteiger partial charge in [0.1, 0.15) is 0 Å². The Kier molecular flexibility index (Phi) is 5.49. The van der Waals surface area contributed by atoms with Crippen LogP contribution in [-0.2, 0) is 4.74 Å². The summed E-state index contributed by atoms with van der Waals surface area (Å²) in [5.74, 6) is 1.74. The van der Waals surface area contributed by atoms with Crippen LogP contribution in [0.4, 0.5) is 0 Å². The fourth-order valence-corrected chi connectivity index (χ4v) is 2.37. The van der Waals surface area contributed by atoms with Crippen LogP contribution in [0.1, 0.15) is 39.5 Å². The van der Waals surface area contributed by atoms with Crippen molar-refractivity contribution < 1.29 is 4.74 Å². The first-order chi connectivity index (χ1) is 6.77. The summed E-state index contributed by atoms with van der Waals surface area (Å²) in [6.45, 7) is 6.56. The topological polar surface area (TPSA) is 21.3 Å². The lowest BCUT2D eigenvalue weighted by Gasteiger charge is -2.29. The molecule has 0 bridgehead atoms. The first-order valence-electron chi connectivity index (χ1n) is 6.03. The highest BCUT2D eigenvalue weighted by Crippen LogP contribution is 2.26. The van der Waals surface area contributed by atoms with E-state index in [-0.39, 0.29) is 0 Å². The summed E-state index contributed by atoms with van der Waals surface area (Å²) in [6, 6.07) is 0.655. The molecule has 0 aromatic heterocycles. The quantitative estimate of drug-likeness (QED) is 0.734. The van der Waals surface area contributed by atoms with Crippen LogP contribution in [0.3, 0.4) is 0 Å². The molecule has 1 fully saturated rings. The average Bonchev–Trinajstić information content (AvgIpc) is 2.26. The predicted molar refractivity (Wildman–Crippen MR) is 60.5 cm³/mol. The highest BCUT2D eigenvalue weighted by molar-refractivity contribution is 4.74. The fraction of sp³-hybridized carbons (Fsp3) is 1.00. The third-order valence-corrected chi connectivity index (χ3v) is 3.66. The molecule has 1 heterocycles. The van der Waals surface area contributed by atoms with E-state index in [1.807, 2.05) is 0 Å². The van der Waals surface area contributed by atoms with Crippen molar-refractivity contribution in [3.05, 3.63) is 0 Å². The van der Waals surface area contributed by atoms with Crippen molar-refractivity contribution in [1.29, 1.82) is 0 Å². The zero-order chi connectivity index (χ0) is 10.4. The van der Waals surface area contributed by atoms with Crippen LogP contribution in [0.5, 0.6) is 0 Å². The van der Waals surface area contributed by atoms with Crippen molar-refractivity contribution in [2.45, 2.75) is 45.6 Å². The summed E-state index contributed by atoms with van der Waals surface area (Å²) in [5, 5.41) is 3.37. The third kappa shape index (κ3) is 3.58. The van der Waals surface area contributed by atoms with Gasteiger partial charge in [0.25, 0.3) is 0 Å². The van der Waals surface area contributed by atoms with Gasteiger partial charge in [-0.05, 0) is 45.1 Å². The summed E-state index contributed by atoms with van der Waals surface area (Å²) >= 11 is 0. The summed E-state index contributed by atoms with van der Waals surface area (Å²) in [4.78, 5) is 0. The van der Waals surface area contributed by atoms with E-state index in [1.165, 1.54) is 25.7 Å². The fourth-order valence-electron chi connectivity index (χ4n) is 2.37. The second kappa shape index (κ2) is 6.41. The lowest BCUT2D eigenvalue weighted by atomic mass is 9.84. The number of hydrogen-bond acceptors (Lipinski definition) is 2. The maximum atomic E-state index is 5.39. The first-order valence-corrected chi connectivity index (χ1v) is 6.03. The summed E-state index contributed by atoms with van der Waals surface area (Å²) in [6.07, 6.45) is 5.21. The maximum absolute atomic E-state index is 5.39. The molecule has 84 valence electrons. The number of nitrogens with one attached hydrogen (secondary N) is 1. The number of rotatable bonds is 5. The standard InChI is InChI=1S/C12H25NO/c1-4-12(10(2)13-3)9-11-5-7-14-8-6-11/h10-13H,4-9H2,1-3H3. The normalized spacial score (nSPS) is 23.4. The molecule has 1 aliphatic heterocycles. The van der Waals surface area contributed by atoms with Gasteiger partial charge in [-0.15, -0.1) is 0 Å². The molecule has 1 aliphatic rings. The van der Waals surface area contributed by atoms with Crippen molar-refractivity contribution >= 4 is 0 Å². The zero-order valence-corrected chi connectivity index (χ0v) is 9.88. The number of hydrogen-bond donors (Lipinski definition) is 1. The van der Waals surface area contributed by atoms with Gasteiger partial charge in [0, 0.05) is 19.3 Å². The summed E-state index contributed by atoms with van der Waals surface area (Å²) in [7, 11) is 2.07. The van der Waals surface area contributed by atoms with Crippen LogP contribution in [0, 0.1) is 11.8 Å². The average molecular weight is 199 g/mol. The molecule has 2 nitrogen and oxygen atoms in total. The SMILES string of the molecule is CCC(CC1CCOCC1)C(C)NC. The van der Waals surface area contributed by atoms with E-state index >= 15 is 0 Å². The second-order valence-corrected chi connectivity index (χ2v) is 4.54. The van der Waals surface area contributed by atoms with Gasteiger partial charge in [-0.2, -0.15) is 0 Å². The highest BCUT2D eigenvalue weighted by Gasteiger charge is 2.21. The van der Waals surface area contributed by atoms with Crippen LogP contribution < -0.4 is 5.32 Å². The van der Waals surface area contributed by atoms with E-state index in [9.17, 15) is 0 Å². The van der Waals surface area contributed by atoms with Crippen LogP contribution in [0.15, 0.2) is 0 Å². The molecular weight excluding hydrogens is 174 g/mol. The molecule has 1 N–H and O–H groups in total. The molecule has 0 aliphatic carbocycles. The zero-order valence-electron chi connectivity index (χ0n) is 9.88. The predicted octanol–water partition coefficient (Wildman–Crippen LogP) is 2.44. The molecule has 0 radical (unpaired) electrons. The van der Waals surface area contributed by atoms with Gasteiger partial charge >= 0.3 is 0 Å². The first kappa shape index (κ1) is 12.0. The molecule has 2 unspecified atom stereocenters. The third-order valence-electron chi connectivity index (χ3n) is 3.66. The minimum Gasteiger partial charge on any atom is -0.381 e. The summed E-state index contributed by atoms with van der Waals surface area (Å²) in [5.41, 5.74) is 0. The van der Waals surface area contributed by atoms with Crippen molar-refractivity contribution in [2.24, 2.45) is 11.8 Å². The van der Waals surface area contributed by atoms with E-state index in [1.54, 1.807) is 0 Å². The smallest absolute Gasteiger partial charge is 0.0468 e. The largest absolute Gasteiger partial charge is 0.381 e. The second-order valence-electron chi connectivity index (χ2n) is 4.54. The minimum absolute atomic E-state index is 0.655. The molecule has 0 spiro atoms. The van der Waals surface area contributed by atoms with E-state index < -0.39 is 0 Å². The Bertz CT molecular complexity index is 143. The molecular formula is C12H25NO. The Hall–Kier alpha value is -0.0800. The summed E-state index contributed by atoms with van der Waals surface area (Å²) < 4.78 is 5.39. The lowest BCUT2D eigenvalue weighted by molar-refractivity contribution is 0.0564. The van der Waals surface area contributed by atoms with Crippen LogP contribution >= 0.6 is 0 Å². The Morgan fingerprint density at radius 1 is 1.36 bits per heavy atom. The minimum atomic E-state index is 0.655. The molecule has 0 aromatic carbocycles. The Morgan fingerprint density at radius 3 is 2.50 bits per heavy atom. The van der Waals surface area contributed by atoms with Crippen LogP contribution in [-0.4, -0.2) is 26.3 Å². The van der Waals surface area contributed by atoms with Gasteiger partial charge < -0.3 is 10.1 Å². The van der Waals surface area contributed by atoms with Crippen molar-refractivity contribution in [3.8, 4) is 0 Å². The molecule has 0 aromatic rings. The van der Waals surface area contributed by atoms with Crippen molar-refractivity contribution in [3.63, 3.8) is 0 Å². The maximum Gasteiger partial charge on any atom is 0.0468 e. The van der Waals surface area contributed by atoms with E-state index in [2.05, 4.69) is 26.2 Å². The van der Waals surface area contributed by atoms with E-state index in [0.29, 0.717) is 6.04 Å².